The molecule has 0 saturated carbocycles. The molecule has 1 heterocycles. The smallest absolute Gasteiger partial charge is 0.243 e. The second-order valence-corrected chi connectivity index (χ2v) is 7.57. The molecule has 0 amide bonds. The van der Waals surface area contributed by atoms with Crippen LogP contribution in [0.4, 0.5) is 0 Å². The van der Waals surface area contributed by atoms with Gasteiger partial charge in [0.15, 0.2) is 0 Å². The van der Waals surface area contributed by atoms with Crippen molar-refractivity contribution in [2.75, 3.05) is 19.6 Å². The number of benzene rings is 1. The Morgan fingerprint density at radius 3 is 2.76 bits per heavy atom. The fourth-order valence-electron chi connectivity index (χ4n) is 2.88. The maximum atomic E-state index is 12.9. The summed E-state index contributed by atoms with van der Waals surface area (Å²) in [5.74, 6) is 0.495. The van der Waals surface area contributed by atoms with Crippen LogP contribution in [0.15, 0.2) is 29.2 Å². The van der Waals surface area contributed by atoms with Gasteiger partial charge in [-0.2, -0.15) is 4.31 Å². The average Bonchev–Trinajstić information content (AvgIpc) is 2.53. The van der Waals surface area contributed by atoms with Gasteiger partial charge in [0.2, 0.25) is 10.0 Å². The van der Waals surface area contributed by atoms with E-state index < -0.39 is 10.0 Å². The quantitative estimate of drug-likeness (QED) is 0.878. The zero-order valence-electron chi connectivity index (χ0n) is 13.0. The van der Waals surface area contributed by atoms with Gasteiger partial charge in [-0.15, -0.1) is 0 Å². The Morgan fingerprint density at radius 1 is 1.29 bits per heavy atom. The molecule has 118 valence electrons. The monoisotopic (exact) mass is 310 g/mol. The maximum absolute atomic E-state index is 12.9. The number of hydrogen-bond donors (Lipinski definition) is 1. The van der Waals surface area contributed by atoms with Crippen LogP contribution in [0.1, 0.15) is 38.7 Å². The molecule has 1 aliphatic rings. The zero-order valence-corrected chi connectivity index (χ0v) is 13.8. The van der Waals surface area contributed by atoms with Crippen molar-refractivity contribution in [3.63, 3.8) is 0 Å². The Kier molecular flexibility index (Phi) is 5.79. The molecule has 0 spiro atoms. The molecule has 0 aliphatic carbocycles. The van der Waals surface area contributed by atoms with E-state index >= 15 is 0 Å². The van der Waals surface area contributed by atoms with Gasteiger partial charge in [0.1, 0.15) is 0 Å². The molecule has 21 heavy (non-hydrogen) atoms. The Hall–Kier alpha value is -0.910. The lowest BCUT2D eigenvalue weighted by Crippen LogP contribution is -2.40. The summed E-state index contributed by atoms with van der Waals surface area (Å²) in [4.78, 5) is 0.461. The van der Waals surface area contributed by atoms with Gasteiger partial charge in [0.05, 0.1) is 4.90 Å². The molecule has 1 aliphatic heterocycles. The first kappa shape index (κ1) is 16.5. The van der Waals surface area contributed by atoms with Gasteiger partial charge >= 0.3 is 0 Å². The van der Waals surface area contributed by atoms with Crippen molar-refractivity contribution >= 4 is 10.0 Å². The molecular weight excluding hydrogens is 284 g/mol. The molecule has 0 bridgehead atoms. The van der Waals surface area contributed by atoms with E-state index in [-0.39, 0.29) is 0 Å². The van der Waals surface area contributed by atoms with Crippen LogP contribution in [-0.4, -0.2) is 32.4 Å². The molecule has 1 unspecified atom stereocenters. The van der Waals surface area contributed by atoms with Crippen LogP contribution < -0.4 is 5.32 Å². The summed E-state index contributed by atoms with van der Waals surface area (Å²) in [7, 11) is -3.37. The normalized spacial score (nSPS) is 20.6. The predicted octanol–water partition coefficient (Wildman–Crippen LogP) is 2.61. The molecule has 4 nitrogen and oxygen atoms in total. The van der Waals surface area contributed by atoms with Crippen molar-refractivity contribution in [2.45, 2.75) is 44.6 Å². The van der Waals surface area contributed by atoms with Crippen LogP contribution in [0.3, 0.4) is 0 Å². The first-order valence-corrected chi connectivity index (χ1v) is 9.32. The highest BCUT2D eigenvalue weighted by molar-refractivity contribution is 7.89. The van der Waals surface area contributed by atoms with E-state index in [2.05, 4.69) is 12.2 Å². The number of nitrogens with zero attached hydrogens (tertiary/aromatic N) is 1. The van der Waals surface area contributed by atoms with Gasteiger partial charge < -0.3 is 5.32 Å². The van der Waals surface area contributed by atoms with E-state index in [1.807, 2.05) is 25.1 Å². The average molecular weight is 310 g/mol. The largest absolute Gasteiger partial charge is 0.313 e. The van der Waals surface area contributed by atoms with Gasteiger partial charge in [0.25, 0.3) is 0 Å². The fourth-order valence-corrected chi connectivity index (χ4v) is 4.66. The lowest BCUT2D eigenvalue weighted by molar-refractivity contribution is 0.261. The summed E-state index contributed by atoms with van der Waals surface area (Å²) in [5, 5.41) is 3.22. The zero-order chi connectivity index (χ0) is 15.3. The second-order valence-electron chi connectivity index (χ2n) is 5.67. The minimum absolute atomic E-state index is 0.461. The summed E-state index contributed by atoms with van der Waals surface area (Å²) < 4.78 is 27.5. The summed E-state index contributed by atoms with van der Waals surface area (Å²) >= 11 is 0. The highest BCUT2D eigenvalue weighted by Crippen LogP contribution is 2.27. The van der Waals surface area contributed by atoms with Crippen molar-refractivity contribution in [3.8, 4) is 0 Å². The third-order valence-corrected chi connectivity index (χ3v) is 6.18. The Bertz CT molecular complexity index is 557. The van der Waals surface area contributed by atoms with Crippen LogP contribution in [0.25, 0.3) is 0 Å². The molecule has 1 atom stereocenters. The topological polar surface area (TPSA) is 49.4 Å². The molecule has 0 radical (unpaired) electrons. The maximum Gasteiger partial charge on any atom is 0.243 e. The molecule has 1 aromatic carbocycles. The van der Waals surface area contributed by atoms with Crippen LogP contribution in [0, 0.1) is 5.92 Å². The van der Waals surface area contributed by atoms with E-state index in [1.165, 1.54) is 0 Å². The molecule has 1 saturated heterocycles. The van der Waals surface area contributed by atoms with Crippen LogP contribution in [-0.2, 0) is 16.6 Å². The summed E-state index contributed by atoms with van der Waals surface area (Å²) in [6.45, 7) is 6.89. The molecule has 1 aromatic rings. The summed E-state index contributed by atoms with van der Waals surface area (Å²) in [5.41, 5.74) is 0.859. The molecule has 0 aromatic heterocycles. The Labute approximate surface area is 128 Å². The van der Waals surface area contributed by atoms with Crippen molar-refractivity contribution in [1.29, 1.82) is 0 Å². The van der Waals surface area contributed by atoms with Crippen molar-refractivity contribution in [3.05, 3.63) is 29.8 Å². The number of rotatable bonds is 6. The van der Waals surface area contributed by atoms with Gasteiger partial charge in [0, 0.05) is 19.6 Å². The second kappa shape index (κ2) is 7.38. The van der Waals surface area contributed by atoms with Gasteiger partial charge in [-0.3, -0.25) is 0 Å². The number of piperidine rings is 1. The molecule has 1 N–H and O–H groups in total. The highest BCUT2D eigenvalue weighted by Gasteiger charge is 2.30. The van der Waals surface area contributed by atoms with Crippen molar-refractivity contribution < 1.29 is 8.42 Å². The van der Waals surface area contributed by atoms with E-state index in [0.29, 0.717) is 30.4 Å². The first-order valence-electron chi connectivity index (χ1n) is 7.88. The molecule has 2 rings (SSSR count). The molecule has 1 fully saturated rings. The molecular formula is C16H26N2O2S. The summed E-state index contributed by atoms with van der Waals surface area (Å²) in [6.07, 6.45) is 3.15. The number of nitrogens with one attached hydrogen (secondary N) is 1. The standard InChI is InChI=1S/C16H26N2O2S/c1-3-14-8-7-11-18(13-14)21(19,20)16-10-6-5-9-15(16)12-17-4-2/h5-6,9-10,14,17H,3-4,7-8,11-13H2,1-2H3. The lowest BCUT2D eigenvalue weighted by atomic mass is 9.97. The minimum Gasteiger partial charge on any atom is -0.313 e. The van der Waals surface area contributed by atoms with Crippen LogP contribution >= 0.6 is 0 Å². The third-order valence-electron chi connectivity index (χ3n) is 4.21. The Balaban J connectivity index is 2.26. The van der Waals surface area contributed by atoms with E-state index in [0.717, 1.165) is 31.4 Å². The number of sulfonamides is 1. The van der Waals surface area contributed by atoms with E-state index in [1.54, 1.807) is 10.4 Å². The highest BCUT2D eigenvalue weighted by atomic mass is 32.2. The van der Waals surface area contributed by atoms with Gasteiger partial charge in [-0.05, 0) is 36.9 Å². The summed E-state index contributed by atoms with van der Waals surface area (Å²) in [6, 6.07) is 7.34. The number of hydrogen-bond acceptors (Lipinski definition) is 3. The van der Waals surface area contributed by atoms with Crippen molar-refractivity contribution in [1.82, 2.24) is 9.62 Å². The van der Waals surface area contributed by atoms with Gasteiger partial charge in [-0.25, -0.2) is 8.42 Å². The predicted molar refractivity (Wildman–Crippen MR) is 85.6 cm³/mol. The molecule has 5 heteroatoms. The van der Waals surface area contributed by atoms with E-state index in [4.69, 9.17) is 0 Å². The third kappa shape index (κ3) is 3.84. The lowest BCUT2D eigenvalue weighted by Gasteiger charge is -2.32. The van der Waals surface area contributed by atoms with Crippen LogP contribution in [0.5, 0.6) is 0 Å². The fraction of sp³-hybridized carbons (Fsp3) is 0.625. The minimum atomic E-state index is -3.37. The first-order chi connectivity index (χ1) is 10.1. The van der Waals surface area contributed by atoms with Crippen molar-refractivity contribution in [2.24, 2.45) is 5.92 Å². The van der Waals surface area contributed by atoms with Crippen LogP contribution in [0.2, 0.25) is 0 Å². The Morgan fingerprint density at radius 2 is 2.05 bits per heavy atom. The van der Waals surface area contributed by atoms with E-state index in [9.17, 15) is 8.42 Å². The van der Waals surface area contributed by atoms with Gasteiger partial charge in [-0.1, -0.05) is 38.5 Å². The SMILES string of the molecule is CCNCc1ccccc1S(=O)(=O)N1CCCC(CC)C1.